The van der Waals surface area contributed by atoms with E-state index in [1.54, 1.807) is 0 Å². The van der Waals surface area contributed by atoms with E-state index in [4.69, 9.17) is 4.65 Å². The van der Waals surface area contributed by atoms with Gasteiger partial charge in [-0.05, 0) is 17.1 Å². The second kappa shape index (κ2) is 2.31. The van der Waals surface area contributed by atoms with E-state index in [-0.39, 0.29) is 5.46 Å². The molecular formula is C7H4BF2O. The van der Waals surface area contributed by atoms with Gasteiger partial charge in [-0.25, -0.2) is 8.78 Å². The van der Waals surface area contributed by atoms with Gasteiger partial charge in [0.1, 0.15) is 0 Å². The Balaban J connectivity index is 2.62. The van der Waals surface area contributed by atoms with Gasteiger partial charge in [0.2, 0.25) is 0 Å². The van der Waals surface area contributed by atoms with Gasteiger partial charge in [0, 0.05) is 0 Å². The summed E-state index contributed by atoms with van der Waals surface area (Å²) >= 11 is 0. The van der Waals surface area contributed by atoms with Gasteiger partial charge in [-0.1, -0.05) is 6.07 Å². The zero-order valence-electron chi connectivity index (χ0n) is 5.60. The predicted octanol–water partition coefficient (Wildman–Crippen LogP) is 0.740. The van der Waals surface area contributed by atoms with Crippen molar-refractivity contribution in [1.29, 1.82) is 0 Å². The maximum atomic E-state index is 12.8. The van der Waals surface area contributed by atoms with Crippen LogP contribution in [0.25, 0.3) is 0 Å². The molecule has 0 spiro atoms. The molecule has 0 N–H and O–H groups in total. The van der Waals surface area contributed by atoms with Crippen molar-refractivity contribution in [3.8, 4) is 0 Å². The number of fused-ring (bicyclic) bond motifs is 1. The smallest absolute Gasteiger partial charge is 0.333 e. The van der Waals surface area contributed by atoms with Crippen LogP contribution < -0.4 is 5.46 Å². The molecule has 0 unspecified atom stereocenters. The Morgan fingerprint density at radius 1 is 1.36 bits per heavy atom. The third-order valence-electron chi connectivity index (χ3n) is 1.66. The van der Waals surface area contributed by atoms with Crippen LogP contribution in [-0.2, 0) is 11.3 Å². The highest BCUT2D eigenvalue weighted by molar-refractivity contribution is 6.48. The first-order valence-corrected chi connectivity index (χ1v) is 3.21. The fourth-order valence-corrected chi connectivity index (χ4v) is 1.07. The Morgan fingerprint density at radius 3 is 3.00 bits per heavy atom. The highest BCUT2D eigenvalue weighted by Crippen LogP contribution is 2.10. The zero-order valence-corrected chi connectivity index (χ0v) is 5.60. The minimum absolute atomic E-state index is 0.241. The second-order valence-electron chi connectivity index (χ2n) is 2.36. The molecule has 0 saturated heterocycles. The minimum Gasteiger partial charge on any atom is -0.430 e. The van der Waals surface area contributed by atoms with Crippen molar-refractivity contribution >= 4 is 12.9 Å². The molecule has 1 heterocycles. The Morgan fingerprint density at radius 2 is 2.18 bits per heavy atom. The normalized spacial score (nSPS) is 14.4. The van der Waals surface area contributed by atoms with Crippen LogP contribution in [0.1, 0.15) is 5.56 Å². The van der Waals surface area contributed by atoms with Crippen molar-refractivity contribution in [3.63, 3.8) is 0 Å². The van der Waals surface area contributed by atoms with E-state index >= 15 is 0 Å². The van der Waals surface area contributed by atoms with Crippen molar-refractivity contribution in [2.45, 2.75) is 6.61 Å². The Kier molecular flexibility index (Phi) is 1.42. The minimum atomic E-state index is -0.828. The molecule has 1 aromatic carbocycles. The van der Waals surface area contributed by atoms with Crippen molar-refractivity contribution in [1.82, 2.24) is 0 Å². The lowest BCUT2D eigenvalue weighted by Gasteiger charge is -1.97. The van der Waals surface area contributed by atoms with E-state index in [2.05, 4.69) is 0 Å². The molecule has 0 atom stereocenters. The molecule has 1 nitrogen and oxygen atoms in total. The number of rotatable bonds is 0. The van der Waals surface area contributed by atoms with Crippen LogP contribution in [0.2, 0.25) is 0 Å². The van der Waals surface area contributed by atoms with E-state index in [0.29, 0.717) is 12.2 Å². The summed E-state index contributed by atoms with van der Waals surface area (Å²) in [5.74, 6) is -1.65. The molecule has 0 aromatic heterocycles. The summed E-state index contributed by atoms with van der Waals surface area (Å²) in [6, 6.07) is 2.63. The standard InChI is InChI=1S/C7H4BF2O/c9-5-2-1-4-3-11-8-6(4)7(5)10/h1-2H,3H2. The van der Waals surface area contributed by atoms with E-state index in [1.807, 2.05) is 0 Å². The van der Waals surface area contributed by atoms with Crippen LogP contribution in [0.3, 0.4) is 0 Å². The Bertz CT molecular complexity index is 301. The molecule has 2 rings (SSSR count). The quantitative estimate of drug-likeness (QED) is 0.499. The van der Waals surface area contributed by atoms with Crippen LogP contribution in [0.15, 0.2) is 12.1 Å². The van der Waals surface area contributed by atoms with Crippen molar-refractivity contribution < 1.29 is 13.4 Å². The van der Waals surface area contributed by atoms with Gasteiger partial charge in [0.15, 0.2) is 11.6 Å². The molecule has 11 heavy (non-hydrogen) atoms. The van der Waals surface area contributed by atoms with E-state index < -0.39 is 11.6 Å². The first-order chi connectivity index (χ1) is 5.29. The van der Waals surface area contributed by atoms with Crippen LogP contribution in [0.4, 0.5) is 8.78 Å². The summed E-state index contributed by atoms with van der Waals surface area (Å²) in [5, 5.41) is 0. The molecule has 4 heteroatoms. The molecule has 1 aromatic rings. The molecule has 0 saturated carbocycles. The fourth-order valence-electron chi connectivity index (χ4n) is 1.07. The Hall–Kier alpha value is -0.895. The van der Waals surface area contributed by atoms with Gasteiger partial charge in [0.25, 0.3) is 0 Å². The summed E-state index contributed by atoms with van der Waals surface area (Å²) < 4.78 is 30.2. The molecule has 1 aliphatic rings. The van der Waals surface area contributed by atoms with E-state index in [1.165, 1.54) is 13.5 Å². The van der Waals surface area contributed by atoms with Gasteiger partial charge in [-0.15, -0.1) is 0 Å². The largest absolute Gasteiger partial charge is 0.430 e. The lowest BCUT2D eigenvalue weighted by molar-refractivity contribution is 0.345. The van der Waals surface area contributed by atoms with Crippen molar-refractivity contribution in [3.05, 3.63) is 29.3 Å². The average molecular weight is 153 g/mol. The summed E-state index contributed by atoms with van der Waals surface area (Å²) in [5.41, 5.74) is 0.939. The number of hydrogen-bond donors (Lipinski definition) is 0. The first kappa shape index (κ1) is 6.79. The number of halogens is 2. The summed E-state index contributed by atoms with van der Waals surface area (Å²) in [6.07, 6.45) is 0. The molecule has 0 amide bonds. The van der Waals surface area contributed by atoms with Crippen LogP contribution >= 0.6 is 0 Å². The molecule has 0 fully saturated rings. The summed E-state index contributed by atoms with van der Waals surface area (Å²) in [7, 11) is 1.24. The highest BCUT2D eigenvalue weighted by atomic mass is 19.2. The van der Waals surface area contributed by atoms with E-state index in [0.717, 1.165) is 6.07 Å². The molecule has 55 valence electrons. The number of benzene rings is 1. The van der Waals surface area contributed by atoms with Gasteiger partial charge >= 0.3 is 7.48 Å². The predicted molar refractivity (Wildman–Crippen MR) is 36.5 cm³/mol. The summed E-state index contributed by atoms with van der Waals surface area (Å²) in [4.78, 5) is 0. The molecule has 1 radical (unpaired) electrons. The number of hydrogen-bond acceptors (Lipinski definition) is 1. The zero-order chi connectivity index (χ0) is 7.84. The average Bonchev–Trinajstić information content (AvgIpc) is 2.45. The van der Waals surface area contributed by atoms with Gasteiger partial charge in [-0.2, -0.15) is 0 Å². The van der Waals surface area contributed by atoms with Gasteiger partial charge in [0.05, 0.1) is 6.61 Å². The maximum Gasteiger partial charge on any atom is 0.333 e. The molecule has 0 aliphatic carbocycles. The van der Waals surface area contributed by atoms with Gasteiger partial charge < -0.3 is 4.65 Å². The molecule has 0 bridgehead atoms. The topological polar surface area (TPSA) is 9.23 Å². The Labute approximate surface area is 63.3 Å². The second-order valence-corrected chi connectivity index (χ2v) is 2.36. The van der Waals surface area contributed by atoms with Crippen molar-refractivity contribution in [2.24, 2.45) is 0 Å². The molecule has 1 aliphatic heterocycles. The van der Waals surface area contributed by atoms with Crippen LogP contribution in [0, 0.1) is 11.6 Å². The lowest BCUT2D eigenvalue weighted by atomic mass is 9.87. The van der Waals surface area contributed by atoms with Gasteiger partial charge in [-0.3, -0.25) is 0 Å². The lowest BCUT2D eigenvalue weighted by Crippen LogP contribution is -2.18. The van der Waals surface area contributed by atoms with Crippen LogP contribution in [0.5, 0.6) is 0 Å². The fraction of sp³-hybridized carbons (Fsp3) is 0.143. The molecular weight excluding hydrogens is 149 g/mol. The first-order valence-electron chi connectivity index (χ1n) is 3.21. The monoisotopic (exact) mass is 153 g/mol. The highest BCUT2D eigenvalue weighted by Gasteiger charge is 2.19. The maximum absolute atomic E-state index is 12.8. The summed E-state index contributed by atoms with van der Waals surface area (Å²) in [6.45, 7) is 0.340. The third kappa shape index (κ3) is 0.941. The SMILES string of the molecule is Fc1ccc2c(c1F)[B]OC2. The van der Waals surface area contributed by atoms with E-state index in [9.17, 15) is 8.78 Å². The van der Waals surface area contributed by atoms with Crippen molar-refractivity contribution in [2.75, 3.05) is 0 Å². The third-order valence-corrected chi connectivity index (χ3v) is 1.66. The van der Waals surface area contributed by atoms with Crippen LogP contribution in [-0.4, -0.2) is 7.48 Å².